The lowest BCUT2D eigenvalue weighted by molar-refractivity contribution is 0.0891. The van der Waals surface area contributed by atoms with Gasteiger partial charge in [0.2, 0.25) is 0 Å². The SMILES string of the molecule is O=C(NCc1ccccc1)O[C@@H]1CCc2cc(Br)ccc2C1. The van der Waals surface area contributed by atoms with Gasteiger partial charge in [-0.15, -0.1) is 0 Å². The molecule has 0 radical (unpaired) electrons. The fourth-order valence-corrected chi connectivity index (χ4v) is 3.16. The molecule has 3 rings (SSSR count). The molecule has 22 heavy (non-hydrogen) atoms. The van der Waals surface area contributed by atoms with E-state index < -0.39 is 0 Å². The predicted molar refractivity (Wildman–Crippen MR) is 89.7 cm³/mol. The van der Waals surface area contributed by atoms with Crippen LogP contribution >= 0.6 is 15.9 Å². The minimum atomic E-state index is -0.339. The third-order valence-electron chi connectivity index (χ3n) is 3.90. The Morgan fingerprint density at radius 2 is 2.00 bits per heavy atom. The number of halogens is 1. The second-order valence-corrected chi connectivity index (χ2v) is 6.44. The summed E-state index contributed by atoms with van der Waals surface area (Å²) in [5.74, 6) is 0. The summed E-state index contributed by atoms with van der Waals surface area (Å²) in [6.07, 6.45) is 2.24. The van der Waals surface area contributed by atoms with Crippen LogP contribution in [0.2, 0.25) is 0 Å². The van der Waals surface area contributed by atoms with Crippen molar-refractivity contribution in [1.29, 1.82) is 0 Å². The Labute approximate surface area is 138 Å². The maximum atomic E-state index is 11.9. The summed E-state index contributed by atoms with van der Waals surface area (Å²) < 4.78 is 6.64. The Balaban J connectivity index is 1.51. The number of hydrogen-bond acceptors (Lipinski definition) is 2. The molecule has 0 heterocycles. The zero-order chi connectivity index (χ0) is 15.4. The highest BCUT2D eigenvalue weighted by Crippen LogP contribution is 2.26. The van der Waals surface area contributed by atoms with Crippen LogP contribution in [-0.2, 0) is 24.1 Å². The van der Waals surface area contributed by atoms with Gasteiger partial charge in [0.25, 0.3) is 0 Å². The summed E-state index contributed by atoms with van der Waals surface area (Å²) in [7, 11) is 0. The number of ether oxygens (including phenoxy) is 1. The molecule has 2 aromatic rings. The molecule has 0 unspecified atom stereocenters. The van der Waals surface area contributed by atoms with Crippen LogP contribution in [0.15, 0.2) is 53.0 Å². The zero-order valence-electron chi connectivity index (χ0n) is 12.2. The lowest BCUT2D eigenvalue weighted by Gasteiger charge is -2.24. The monoisotopic (exact) mass is 359 g/mol. The largest absolute Gasteiger partial charge is 0.446 e. The van der Waals surface area contributed by atoms with Crippen LogP contribution in [0.1, 0.15) is 23.1 Å². The van der Waals surface area contributed by atoms with E-state index in [1.54, 1.807) is 0 Å². The summed E-state index contributed by atoms with van der Waals surface area (Å²) in [6, 6.07) is 16.1. The molecule has 0 saturated carbocycles. The van der Waals surface area contributed by atoms with Gasteiger partial charge in [0.15, 0.2) is 0 Å². The first-order chi connectivity index (χ1) is 10.7. The number of benzene rings is 2. The molecule has 1 atom stereocenters. The molecule has 1 aliphatic rings. The van der Waals surface area contributed by atoms with Crippen LogP contribution in [0, 0.1) is 0 Å². The van der Waals surface area contributed by atoms with E-state index in [0.29, 0.717) is 6.54 Å². The fraction of sp³-hybridized carbons (Fsp3) is 0.278. The molecule has 0 aromatic heterocycles. The van der Waals surface area contributed by atoms with Gasteiger partial charge in [-0.3, -0.25) is 0 Å². The van der Waals surface area contributed by atoms with Crippen molar-refractivity contribution in [3.63, 3.8) is 0 Å². The van der Waals surface area contributed by atoms with Crippen molar-refractivity contribution in [2.24, 2.45) is 0 Å². The van der Waals surface area contributed by atoms with Gasteiger partial charge in [-0.25, -0.2) is 4.79 Å². The van der Waals surface area contributed by atoms with Crippen LogP contribution in [0.25, 0.3) is 0 Å². The maximum absolute atomic E-state index is 11.9. The number of nitrogens with one attached hydrogen (secondary N) is 1. The molecule has 4 heteroatoms. The van der Waals surface area contributed by atoms with E-state index in [-0.39, 0.29) is 12.2 Å². The molecule has 3 nitrogen and oxygen atoms in total. The van der Waals surface area contributed by atoms with Gasteiger partial charge < -0.3 is 10.1 Å². The van der Waals surface area contributed by atoms with Crippen LogP contribution in [0.4, 0.5) is 4.79 Å². The van der Waals surface area contributed by atoms with Crippen molar-refractivity contribution in [2.45, 2.75) is 31.9 Å². The average molecular weight is 360 g/mol. The van der Waals surface area contributed by atoms with E-state index in [0.717, 1.165) is 29.3 Å². The Bertz CT molecular complexity index is 657. The fourth-order valence-electron chi connectivity index (χ4n) is 2.75. The molecule has 0 saturated heterocycles. The van der Waals surface area contributed by atoms with Crippen molar-refractivity contribution in [2.75, 3.05) is 0 Å². The molecule has 0 spiro atoms. The van der Waals surface area contributed by atoms with Crippen LogP contribution in [0.3, 0.4) is 0 Å². The van der Waals surface area contributed by atoms with E-state index in [1.165, 1.54) is 11.1 Å². The van der Waals surface area contributed by atoms with E-state index in [4.69, 9.17) is 4.74 Å². The second-order valence-electron chi connectivity index (χ2n) is 5.52. The maximum Gasteiger partial charge on any atom is 0.407 e. The average Bonchev–Trinajstić information content (AvgIpc) is 2.54. The number of amides is 1. The van der Waals surface area contributed by atoms with Gasteiger partial charge in [-0.1, -0.05) is 52.3 Å². The number of carbonyl (C=O) groups excluding carboxylic acids is 1. The van der Waals surface area contributed by atoms with Crippen LogP contribution in [0.5, 0.6) is 0 Å². The van der Waals surface area contributed by atoms with Crippen LogP contribution in [-0.4, -0.2) is 12.2 Å². The lowest BCUT2D eigenvalue weighted by Crippen LogP contribution is -2.31. The quantitative estimate of drug-likeness (QED) is 0.890. The van der Waals surface area contributed by atoms with Gasteiger partial charge in [-0.2, -0.15) is 0 Å². The van der Waals surface area contributed by atoms with Gasteiger partial charge in [0.05, 0.1) is 0 Å². The summed E-state index contributed by atoms with van der Waals surface area (Å²) in [5.41, 5.74) is 3.69. The number of carbonyl (C=O) groups is 1. The van der Waals surface area contributed by atoms with Crippen molar-refractivity contribution in [1.82, 2.24) is 5.32 Å². The first kappa shape index (κ1) is 15.1. The predicted octanol–water partition coefficient (Wildman–Crippen LogP) is 4.23. The van der Waals surface area contributed by atoms with E-state index in [9.17, 15) is 4.79 Å². The van der Waals surface area contributed by atoms with Crippen molar-refractivity contribution < 1.29 is 9.53 Å². The summed E-state index contributed by atoms with van der Waals surface area (Å²) >= 11 is 3.49. The van der Waals surface area contributed by atoms with Gasteiger partial charge in [0, 0.05) is 17.4 Å². The minimum absolute atomic E-state index is 0.0375. The Hall–Kier alpha value is -1.81. The first-order valence-corrected chi connectivity index (χ1v) is 8.26. The Kier molecular flexibility index (Phi) is 4.78. The third kappa shape index (κ3) is 3.89. The number of hydrogen-bond donors (Lipinski definition) is 1. The molecular formula is C18H18BrNO2. The van der Waals surface area contributed by atoms with Crippen molar-refractivity contribution in [3.05, 3.63) is 69.7 Å². The molecule has 1 N–H and O–H groups in total. The first-order valence-electron chi connectivity index (χ1n) is 7.46. The van der Waals surface area contributed by atoms with Gasteiger partial charge in [-0.05, 0) is 41.7 Å². The zero-order valence-corrected chi connectivity index (χ0v) is 13.8. The normalized spacial score (nSPS) is 16.7. The second kappa shape index (κ2) is 6.97. The molecule has 1 aliphatic carbocycles. The summed E-state index contributed by atoms with van der Waals surface area (Å²) in [6.45, 7) is 0.496. The van der Waals surface area contributed by atoms with Gasteiger partial charge in [0.1, 0.15) is 6.10 Å². The smallest absolute Gasteiger partial charge is 0.407 e. The Morgan fingerprint density at radius 3 is 2.82 bits per heavy atom. The topological polar surface area (TPSA) is 38.3 Å². The highest BCUT2D eigenvalue weighted by Gasteiger charge is 2.21. The van der Waals surface area contributed by atoms with Crippen molar-refractivity contribution >= 4 is 22.0 Å². The van der Waals surface area contributed by atoms with E-state index >= 15 is 0 Å². The summed E-state index contributed by atoms with van der Waals surface area (Å²) in [4.78, 5) is 11.9. The number of alkyl carbamates (subject to hydrolysis) is 1. The van der Waals surface area contributed by atoms with Gasteiger partial charge >= 0.3 is 6.09 Å². The number of rotatable bonds is 3. The van der Waals surface area contributed by atoms with Crippen LogP contribution < -0.4 is 5.32 Å². The van der Waals surface area contributed by atoms with E-state index in [2.05, 4.69) is 33.4 Å². The molecule has 0 fully saturated rings. The molecule has 114 valence electrons. The minimum Gasteiger partial charge on any atom is -0.446 e. The highest BCUT2D eigenvalue weighted by atomic mass is 79.9. The highest BCUT2D eigenvalue weighted by molar-refractivity contribution is 9.10. The molecular weight excluding hydrogens is 342 g/mol. The van der Waals surface area contributed by atoms with Crippen molar-refractivity contribution in [3.8, 4) is 0 Å². The number of aryl methyl sites for hydroxylation is 1. The Morgan fingerprint density at radius 1 is 1.18 bits per heavy atom. The molecule has 1 amide bonds. The van der Waals surface area contributed by atoms with E-state index in [1.807, 2.05) is 36.4 Å². The standard InChI is InChI=1S/C18H18BrNO2/c19-16-8-6-15-11-17(9-7-14(15)10-16)22-18(21)20-12-13-4-2-1-3-5-13/h1-6,8,10,17H,7,9,11-12H2,(H,20,21)/t17-/m1/s1. The molecule has 2 aromatic carbocycles. The third-order valence-corrected chi connectivity index (χ3v) is 4.40. The lowest BCUT2D eigenvalue weighted by atomic mass is 9.90. The molecule has 0 bridgehead atoms. The number of fused-ring (bicyclic) bond motifs is 1. The summed E-state index contributed by atoms with van der Waals surface area (Å²) in [5, 5.41) is 2.81. The molecule has 0 aliphatic heterocycles.